The smallest absolute Gasteiger partial charge is 0.404 e. The van der Waals surface area contributed by atoms with Gasteiger partial charge in [0, 0.05) is 18.2 Å². The monoisotopic (exact) mass is 473 g/mol. The van der Waals surface area contributed by atoms with Gasteiger partial charge in [0.15, 0.2) is 11.5 Å². The molecular weight excluding hydrogens is 453 g/mol. The van der Waals surface area contributed by atoms with E-state index in [0.717, 1.165) is 0 Å². The number of hydrogen-bond donors (Lipinski definition) is 3. The summed E-state index contributed by atoms with van der Waals surface area (Å²) in [6.07, 6.45) is 0.406. The van der Waals surface area contributed by atoms with Crippen LogP contribution in [0.1, 0.15) is 18.4 Å². The van der Waals surface area contributed by atoms with Gasteiger partial charge in [-0.25, -0.2) is 9.18 Å². The maximum absolute atomic E-state index is 15.9. The zero-order valence-corrected chi connectivity index (χ0v) is 18.6. The molecule has 0 aliphatic carbocycles. The van der Waals surface area contributed by atoms with E-state index in [-0.39, 0.29) is 40.8 Å². The normalized spacial score (nSPS) is 12.0. The second-order valence-corrected chi connectivity index (χ2v) is 7.66. The molecule has 0 unspecified atom stereocenters. The lowest BCUT2D eigenvalue weighted by molar-refractivity contribution is 0.190. The largest absolute Gasteiger partial charge is 0.497 e. The van der Waals surface area contributed by atoms with Crippen LogP contribution in [0.4, 0.5) is 15.0 Å². The number of nitrogens with one attached hydrogen (secondary N) is 2. The van der Waals surface area contributed by atoms with Gasteiger partial charge in [-0.05, 0) is 54.9 Å². The number of anilines is 1. The topological polar surface area (TPSA) is 114 Å². The van der Waals surface area contributed by atoms with Crippen molar-refractivity contribution in [2.75, 3.05) is 12.4 Å². The van der Waals surface area contributed by atoms with Crippen LogP contribution in [-0.4, -0.2) is 38.9 Å². The molecule has 0 aliphatic rings. The van der Waals surface area contributed by atoms with Crippen molar-refractivity contribution >= 4 is 34.5 Å². The molecule has 3 N–H and O–H groups in total. The predicted molar refractivity (Wildman–Crippen MR) is 121 cm³/mol. The van der Waals surface area contributed by atoms with Crippen molar-refractivity contribution in [3.05, 3.63) is 65.2 Å². The van der Waals surface area contributed by atoms with Crippen molar-refractivity contribution in [1.29, 1.82) is 0 Å². The molecule has 1 atom stereocenters. The molecule has 0 aliphatic heterocycles. The number of carboxylic acid groups (broad SMARTS) is 1. The lowest BCUT2D eigenvalue weighted by Gasteiger charge is -2.15. The van der Waals surface area contributed by atoms with Gasteiger partial charge in [0.05, 0.1) is 31.0 Å². The summed E-state index contributed by atoms with van der Waals surface area (Å²) < 4.78 is 28.0. The molecule has 172 valence electrons. The maximum atomic E-state index is 15.9. The van der Waals surface area contributed by atoms with Crippen LogP contribution in [0.25, 0.3) is 16.7 Å². The lowest BCUT2D eigenvalue weighted by atomic mass is 10.1. The number of halogens is 2. The molecule has 0 saturated carbocycles. The third-order valence-electron chi connectivity index (χ3n) is 5.03. The number of rotatable bonds is 8. The first-order valence-electron chi connectivity index (χ1n) is 10.0. The molecule has 1 amide bonds. The number of carbonyl (C=O) groups is 1. The molecule has 0 fully saturated rings. The number of ether oxygens (including phenoxy) is 1. The van der Waals surface area contributed by atoms with E-state index in [1.54, 1.807) is 55.0 Å². The standard InChI is InChI=1S/C22H21ClFN5O4/c1-12(26-22(30)31)10-16-18(24)17-19(25-11-15-4-3-9-33-15)27-21(23)28-20(17)29(16)13-5-7-14(32-2)8-6-13/h3-9,12,26H,10-11H2,1-2H3,(H,30,31)(H,25,27,28)/t12-/m0/s1. The molecule has 1 aromatic carbocycles. The van der Waals surface area contributed by atoms with Crippen LogP contribution in [0.15, 0.2) is 47.1 Å². The van der Waals surface area contributed by atoms with Gasteiger partial charge < -0.3 is 24.9 Å². The highest BCUT2D eigenvalue weighted by Gasteiger charge is 2.25. The number of benzene rings is 1. The van der Waals surface area contributed by atoms with Crippen LogP contribution >= 0.6 is 11.6 Å². The number of hydrogen-bond acceptors (Lipinski definition) is 6. The SMILES string of the molecule is COc1ccc(-n2c(C[C@H](C)NC(=O)O)c(F)c3c(NCc4ccco4)nc(Cl)nc32)cc1. The molecule has 3 heterocycles. The molecule has 0 spiro atoms. The van der Waals surface area contributed by atoms with Crippen LogP contribution in [0.3, 0.4) is 0 Å². The van der Waals surface area contributed by atoms with Gasteiger partial charge in [-0.15, -0.1) is 0 Å². The number of aromatic nitrogens is 3. The highest BCUT2D eigenvalue weighted by molar-refractivity contribution is 6.28. The number of nitrogens with zero attached hydrogens (tertiary/aromatic N) is 3. The van der Waals surface area contributed by atoms with Crippen molar-refractivity contribution in [2.24, 2.45) is 0 Å². The van der Waals surface area contributed by atoms with Crippen LogP contribution in [0.2, 0.25) is 5.28 Å². The second kappa shape index (κ2) is 9.37. The van der Waals surface area contributed by atoms with Crippen LogP contribution in [0.5, 0.6) is 5.75 Å². The number of furan rings is 1. The van der Waals surface area contributed by atoms with Gasteiger partial charge in [-0.1, -0.05) is 0 Å². The van der Waals surface area contributed by atoms with E-state index >= 15 is 4.39 Å². The minimum atomic E-state index is -1.20. The average molecular weight is 474 g/mol. The molecule has 9 nitrogen and oxygen atoms in total. The van der Waals surface area contributed by atoms with Crippen LogP contribution < -0.4 is 15.4 Å². The summed E-state index contributed by atoms with van der Waals surface area (Å²) in [6.45, 7) is 1.91. The number of fused-ring (bicyclic) bond motifs is 1. The third-order valence-corrected chi connectivity index (χ3v) is 5.20. The first-order valence-corrected chi connectivity index (χ1v) is 10.4. The summed E-state index contributed by atoms with van der Waals surface area (Å²) in [6, 6.07) is 9.93. The summed E-state index contributed by atoms with van der Waals surface area (Å²) in [4.78, 5) is 19.6. The van der Waals surface area contributed by atoms with E-state index in [0.29, 0.717) is 17.2 Å². The van der Waals surface area contributed by atoms with Gasteiger partial charge >= 0.3 is 6.09 Å². The average Bonchev–Trinajstić information content (AvgIpc) is 3.38. The van der Waals surface area contributed by atoms with Gasteiger partial charge in [0.25, 0.3) is 0 Å². The lowest BCUT2D eigenvalue weighted by Crippen LogP contribution is -2.33. The Balaban J connectivity index is 1.87. The Labute approximate surface area is 193 Å². The molecule has 4 aromatic rings. The minimum absolute atomic E-state index is 0.0652. The van der Waals surface area contributed by atoms with Gasteiger partial charge in [-0.2, -0.15) is 9.97 Å². The van der Waals surface area contributed by atoms with Crippen molar-refractivity contribution in [3.63, 3.8) is 0 Å². The molecule has 33 heavy (non-hydrogen) atoms. The van der Waals surface area contributed by atoms with Crippen LogP contribution in [0, 0.1) is 5.82 Å². The second-order valence-electron chi connectivity index (χ2n) is 7.32. The zero-order valence-electron chi connectivity index (χ0n) is 17.8. The fourth-order valence-corrected chi connectivity index (χ4v) is 3.78. The Kier molecular flexibility index (Phi) is 6.36. The first-order chi connectivity index (χ1) is 15.9. The predicted octanol–water partition coefficient (Wildman–Crippen LogP) is 4.63. The quantitative estimate of drug-likeness (QED) is 0.320. The van der Waals surface area contributed by atoms with Gasteiger partial charge in [0.2, 0.25) is 5.28 Å². The maximum Gasteiger partial charge on any atom is 0.404 e. The Morgan fingerprint density at radius 1 is 1.30 bits per heavy atom. The van der Waals surface area contributed by atoms with Crippen molar-refractivity contribution in [3.8, 4) is 11.4 Å². The molecule has 3 aromatic heterocycles. The third kappa shape index (κ3) is 4.70. The molecule has 4 rings (SSSR count). The van der Waals surface area contributed by atoms with Crippen LogP contribution in [-0.2, 0) is 13.0 Å². The summed E-state index contributed by atoms with van der Waals surface area (Å²) in [5.41, 5.74) is 1.08. The Morgan fingerprint density at radius 2 is 2.06 bits per heavy atom. The highest BCUT2D eigenvalue weighted by atomic mass is 35.5. The summed E-state index contributed by atoms with van der Waals surface area (Å²) in [5.74, 6) is 0.892. The first kappa shape index (κ1) is 22.4. The molecule has 0 radical (unpaired) electrons. The Bertz CT molecular complexity index is 1270. The van der Waals surface area contributed by atoms with Crippen molar-refractivity contribution in [2.45, 2.75) is 25.9 Å². The number of amides is 1. The molecule has 0 saturated heterocycles. The van der Waals surface area contributed by atoms with E-state index in [9.17, 15) is 4.79 Å². The Hall–Kier alpha value is -3.79. The van der Waals surface area contributed by atoms with Crippen molar-refractivity contribution in [1.82, 2.24) is 19.9 Å². The fraction of sp³-hybridized carbons (Fsp3) is 0.227. The fourth-order valence-electron chi connectivity index (χ4n) is 3.61. The molecule has 0 bridgehead atoms. The van der Waals surface area contributed by atoms with Gasteiger partial charge in [0.1, 0.15) is 17.3 Å². The number of methoxy groups -OCH3 is 1. The van der Waals surface area contributed by atoms with Crippen molar-refractivity contribution < 1.29 is 23.4 Å². The highest BCUT2D eigenvalue weighted by Crippen LogP contribution is 2.34. The minimum Gasteiger partial charge on any atom is -0.497 e. The summed E-state index contributed by atoms with van der Waals surface area (Å²) in [7, 11) is 1.55. The molecular formula is C22H21ClFN5O4. The Morgan fingerprint density at radius 3 is 2.70 bits per heavy atom. The van der Waals surface area contributed by atoms with E-state index in [4.69, 9.17) is 25.9 Å². The summed E-state index contributed by atoms with van der Waals surface area (Å²) in [5, 5.41) is 14.6. The zero-order chi connectivity index (χ0) is 23.5. The molecule has 11 heteroatoms. The summed E-state index contributed by atoms with van der Waals surface area (Å²) >= 11 is 6.20. The van der Waals surface area contributed by atoms with E-state index in [1.165, 1.54) is 6.26 Å². The van der Waals surface area contributed by atoms with Gasteiger partial charge in [-0.3, -0.25) is 4.57 Å². The van der Waals surface area contributed by atoms with E-state index in [1.807, 2.05) is 0 Å². The van der Waals surface area contributed by atoms with E-state index < -0.39 is 18.0 Å². The van der Waals surface area contributed by atoms with E-state index in [2.05, 4.69) is 20.6 Å².